The van der Waals surface area contributed by atoms with Gasteiger partial charge in [-0.1, -0.05) is 38.4 Å². The average Bonchev–Trinajstić information content (AvgIpc) is 3.38. The molecule has 2 rings (SSSR count). The molecule has 1 aromatic rings. The molecule has 0 aliphatic carbocycles. The summed E-state index contributed by atoms with van der Waals surface area (Å²) in [5.41, 5.74) is -1.94. The Balaban J connectivity index is 2.25. The van der Waals surface area contributed by atoms with Gasteiger partial charge in [-0.3, -0.25) is 24.5 Å². The number of hydrogen-bond donors (Lipinski definition) is 3. The maximum absolute atomic E-state index is 14.0. The van der Waals surface area contributed by atoms with Crippen LogP contribution in [0.3, 0.4) is 0 Å². The highest BCUT2D eigenvalue weighted by Gasteiger charge is 2.42. The Morgan fingerprint density at radius 2 is 1.58 bits per heavy atom. The number of anilines is 1. The van der Waals surface area contributed by atoms with Gasteiger partial charge in [-0.25, -0.2) is 13.2 Å². The number of esters is 1. The zero-order valence-corrected chi connectivity index (χ0v) is 30.9. The fourth-order valence-electron chi connectivity index (χ4n) is 4.75. The van der Waals surface area contributed by atoms with Crippen molar-refractivity contribution in [1.82, 2.24) is 15.5 Å². The maximum Gasteiger partial charge on any atom is 0.412 e. The Labute approximate surface area is 288 Å². The monoisotopic (exact) mass is 712 g/mol. The summed E-state index contributed by atoms with van der Waals surface area (Å²) in [6, 6.07) is 1.24. The first-order valence-electron chi connectivity index (χ1n) is 15.6. The molecule has 1 aliphatic heterocycles. The van der Waals surface area contributed by atoms with Crippen LogP contribution in [0.1, 0.15) is 91.9 Å². The SMILES string of the molecule is CC(C)(C)OC(=O)C[C@@H](C=CS(C)(=O)=O)NC(=O)[C@H]1CCCN1C(=O)[C@@H](NC(=O)c1ccc(NC(=O)OC(C)(C)C)c(Cl)c1)C(C)(C)C. The van der Waals surface area contributed by atoms with E-state index in [-0.39, 0.29) is 29.2 Å². The van der Waals surface area contributed by atoms with Crippen LogP contribution in [0.5, 0.6) is 0 Å². The second-order valence-corrected chi connectivity index (χ2v) is 17.2. The smallest absolute Gasteiger partial charge is 0.412 e. The van der Waals surface area contributed by atoms with Crippen molar-refractivity contribution in [3.8, 4) is 0 Å². The Bertz CT molecular complexity index is 1520. The molecule has 0 radical (unpaired) electrons. The van der Waals surface area contributed by atoms with E-state index in [0.29, 0.717) is 12.8 Å². The summed E-state index contributed by atoms with van der Waals surface area (Å²) < 4.78 is 34.2. The molecule has 3 atom stereocenters. The Kier molecular flexibility index (Phi) is 13.3. The van der Waals surface area contributed by atoms with E-state index in [1.54, 1.807) is 62.3 Å². The van der Waals surface area contributed by atoms with Gasteiger partial charge in [0.2, 0.25) is 11.8 Å². The van der Waals surface area contributed by atoms with E-state index in [1.165, 1.54) is 29.2 Å². The predicted octanol–water partition coefficient (Wildman–Crippen LogP) is 4.60. The zero-order valence-electron chi connectivity index (χ0n) is 29.4. The van der Waals surface area contributed by atoms with Gasteiger partial charge in [-0.2, -0.15) is 0 Å². The van der Waals surface area contributed by atoms with Crippen LogP contribution in [0.4, 0.5) is 10.5 Å². The topological polar surface area (TPSA) is 177 Å². The molecule has 1 aliphatic rings. The van der Waals surface area contributed by atoms with Crippen molar-refractivity contribution in [2.24, 2.45) is 5.41 Å². The first-order valence-corrected chi connectivity index (χ1v) is 17.9. The number of ether oxygens (including phenoxy) is 2. The number of carbonyl (C=O) groups is 5. The fourth-order valence-corrected chi connectivity index (χ4v) is 5.45. The lowest BCUT2D eigenvalue weighted by Crippen LogP contribution is -2.58. The number of amides is 4. The van der Waals surface area contributed by atoms with Gasteiger partial charge in [0.05, 0.1) is 23.2 Å². The molecule has 48 heavy (non-hydrogen) atoms. The predicted molar refractivity (Wildman–Crippen MR) is 183 cm³/mol. The fraction of sp³-hybridized carbons (Fsp3) is 0.606. The quantitative estimate of drug-likeness (QED) is 0.293. The molecular weight excluding hydrogens is 664 g/mol. The van der Waals surface area contributed by atoms with Crippen molar-refractivity contribution < 1.29 is 41.9 Å². The highest BCUT2D eigenvalue weighted by molar-refractivity contribution is 7.93. The molecule has 4 amide bonds. The maximum atomic E-state index is 14.0. The summed E-state index contributed by atoms with van der Waals surface area (Å²) in [6.45, 7) is 15.8. The van der Waals surface area contributed by atoms with Crippen LogP contribution < -0.4 is 16.0 Å². The van der Waals surface area contributed by atoms with Crippen molar-refractivity contribution in [1.29, 1.82) is 0 Å². The van der Waals surface area contributed by atoms with Crippen molar-refractivity contribution in [2.75, 3.05) is 18.1 Å². The third-order valence-corrected chi connectivity index (χ3v) is 7.75. The van der Waals surface area contributed by atoms with Crippen molar-refractivity contribution in [2.45, 2.75) is 111 Å². The summed E-state index contributed by atoms with van der Waals surface area (Å²) in [5.74, 6) is -2.31. The van der Waals surface area contributed by atoms with Crippen molar-refractivity contribution >= 4 is 56.9 Å². The molecule has 268 valence electrons. The summed E-state index contributed by atoms with van der Waals surface area (Å²) in [4.78, 5) is 67.0. The normalized spacial score (nSPS) is 17.0. The summed E-state index contributed by atoms with van der Waals surface area (Å²) >= 11 is 6.35. The van der Waals surface area contributed by atoms with E-state index >= 15 is 0 Å². The molecule has 3 N–H and O–H groups in total. The minimum absolute atomic E-state index is 0.0780. The molecule has 0 spiro atoms. The lowest BCUT2D eigenvalue weighted by molar-refractivity contribution is -0.155. The number of likely N-dealkylation sites (tertiary alicyclic amines) is 1. The van der Waals surface area contributed by atoms with Gasteiger partial charge in [0.1, 0.15) is 23.3 Å². The minimum atomic E-state index is -3.57. The highest BCUT2D eigenvalue weighted by Crippen LogP contribution is 2.28. The number of benzene rings is 1. The van der Waals surface area contributed by atoms with E-state index in [1.807, 2.05) is 0 Å². The van der Waals surface area contributed by atoms with Gasteiger partial charge in [0, 0.05) is 23.8 Å². The van der Waals surface area contributed by atoms with Crippen LogP contribution >= 0.6 is 11.6 Å². The number of carbonyl (C=O) groups excluding carboxylic acids is 5. The molecule has 1 fully saturated rings. The van der Waals surface area contributed by atoms with E-state index in [0.717, 1.165) is 11.7 Å². The Morgan fingerprint density at radius 1 is 0.979 bits per heavy atom. The molecule has 0 unspecified atom stereocenters. The summed E-state index contributed by atoms with van der Waals surface area (Å²) in [6.07, 6.45) is 1.97. The molecule has 15 heteroatoms. The van der Waals surface area contributed by atoms with Crippen LogP contribution in [-0.2, 0) is 33.7 Å². The number of nitrogens with one attached hydrogen (secondary N) is 3. The first kappa shape index (κ1) is 40.5. The Hall–Kier alpha value is -3.65. The van der Waals surface area contributed by atoms with Gasteiger partial charge in [0.25, 0.3) is 5.91 Å². The molecular formula is C33H49ClN4O9S. The molecule has 0 bridgehead atoms. The van der Waals surface area contributed by atoms with Crippen molar-refractivity contribution in [3.63, 3.8) is 0 Å². The van der Waals surface area contributed by atoms with E-state index in [4.69, 9.17) is 21.1 Å². The van der Waals surface area contributed by atoms with Crippen LogP contribution in [0, 0.1) is 5.41 Å². The van der Waals surface area contributed by atoms with Gasteiger partial charge in [-0.15, -0.1) is 0 Å². The summed E-state index contributed by atoms with van der Waals surface area (Å²) in [7, 11) is -3.57. The number of hydrogen-bond acceptors (Lipinski definition) is 9. The van der Waals surface area contributed by atoms with Crippen LogP contribution in [0.25, 0.3) is 0 Å². The van der Waals surface area contributed by atoms with Gasteiger partial charge in [0.15, 0.2) is 9.84 Å². The lowest BCUT2D eigenvalue weighted by atomic mass is 9.85. The number of sulfone groups is 1. The first-order chi connectivity index (χ1) is 21.8. The molecule has 1 saturated heterocycles. The summed E-state index contributed by atoms with van der Waals surface area (Å²) in [5, 5.41) is 8.98. The highest BCUT2D eigenvalue weighted by atomic mass is 35.5. The second-order valence-electron chi connectivity index (χ2n) is 14.8. The second kappa shape index (κ2) is 15.7. The van der Waals surface area contributed by atoms with Crippen LogP contribution in [0.2, 0.25) is 5.02 Å². The largest absolute Gasteiger partial charge is 0.460 e. The molecule has 0 aromatic heterocycles. The van der Waals surface area contributed by atoms with Gasteiger partial charge in [-0.05, 0) is 78.0 Å². The third kappa shape index (κ3) is 13.5. The molecule has 1 aromatic carbocycles. The number of halogens is 1. The number of nitrogens with zero attached hydrogens (tertiary/aromatic N) is 1. The zero-order chi connectivity index (χ0) is 36.8. The molecule has 0 saturated carbocycles. The lowest BCUT2D eigenvalue weighted by Gasteiger charge is -2.35. The third-order valence-electron chi connectivity index (χ3n) is 6.79. The van der Waals surface area contributed by atoms with Crippen LogP contribution in [0.15, 0.2) is 29.7 Å². The standard InChI is InChI=1S/C33H49ClN4O9S/c1-31(2,3)26(37-27(40)20-13-14-23(22(34)18-20)36-30(43)47-33(7,8)9)29(42)38-16-11-12-24(38)28(41)35-21(15-17-48(10,44)45)19-25(39)46-32(4,5)6/h13-15,17-18,21,24,26H,11-12,16,19H2,1-10H3,(H,35,41)(H,36,43)(H,37,40)/t21-,24-,26-/m1/s1. The van der Waals surface area contributed by atoms with E-state index in [2.05, 4.69) is 16.0 Å². The Morgan fingerprint density at radius 3 is 2.10 bits per heavy atom. The average molecular weight is 713 g/mol. The van der Waals surface area contributed by atoms with Crippen LogP contribution in [-0.4, -0.2) is 85.2 Å². The minimum Gasteiger partial charge on any atom is -0.460 e. The van der Waals surface area contributed by atoms with Crippen molar-refractivity contribution in [3.05, 3.63) is 40.3 Å². The number of rotatable bonds is 10. The van der Waals surface area contributed by atoms with E-state index < -0.39 is 74.4 Å². The van der Waals surface area contributed by atoms with E-state index in [9.17, 15) is 32.4 Å². The molecule has 13 nitrogen and oxygen atoms in total. The molecule has 1 heterocycles. The van der Waals surface area contributed by atoms with Gasteiger partial charge < -0.3 is 25.0 Å². The van der Waals surface area contributed by atoms with Gasteiger partial charge >= 0.3 is 12.1 Å².